The van der Waals surface area contributed by atoms with Crippen LogP contribution >= 0.6 is 12.4 Å². The van der Waals surface area contributed by atoms with Crippen LogP contribution in [0.15, 0.2) is 0 Å². The van der Waals surface area contributed by atoms with Gasteiger partial charge in [0, 0.05) is 12.1 Å². The van der Waals surface area contributed by atoms with Crippen molar-refractivity contribution >= 4 is 12.4 Å². The smallest absolute Gasteiger partial charge is 0.0576 e. The molecule has 0 aromatic heterocycles. The minimum Gasteiger partial charge on any atom is -0.379 e. The summed E-state index contributed by atoms with van der Waals surface area (Å²) in [6.45, 7) is 5.03. The Morgan fingerprint density at radius 2 is 1.92 bits per heavy atom. The van der Waals surface area contributed by atoms with Crippen molar-refractivity contribution in [3.63, 3.8) is 0 Å². The van der Waals surface area contributed by atoms with Crippen LogP contribution in [-0.4, -0.2) is 18.2 Å². The van der Waals surface area contributed by atoms with E-state index in [1.165, 1.54) is 0 Å². The normalized spacial score (nSPS) is 35.8. The SMILES string of the molecule is CCOC1CCC(C)(N)CC1.Cl. The third-order valence-electron chi connectivity index (χ3n) is 2.48. The molecule has 0 unspecified atom stereocenters. The van der Waals surface area contributed by atoms with Crippen LogP contribution in [0.3, 0.4) is 0 Å². The van der Waals surface area contributed by atoms with E-state index >= 15 is 0 Å². The van der Waals surface area contributed by atoms with E-state index in [1.54, 1.807) is 0 Å². The molecule has 0 heterocycles. The highest BCUT2D eigenvalue weighted by atomic mass is 35.5. The zero-order valence-electron chi connectivity index (χ0n) is 8.01. The lowest BCUT2D eigenvalue weighted by Crippen LogP contribution is -2.41. The van der Waals surface area contributed by atoms with Crippen LogP contribution in [0.5, 0.6) is 0 Å². The summed E-state index contributed by atoms with van der Waals surface area (Å²) >= 11 is 0. The molecule has 1 aliphatic carbocycles. The van der Waals surface area contributed by atoms with E-state index in [9.17, 15) is 0 Å². The number of nitrogens with two attached hydrogens (primary N) is 1. The molecule has 0 amide bonds. The summed E-state index contributed by atoms with van der Waals surface area (Å²) in [5.74, 6) is 0. The quantitative estimate of drug-likeness (QED) is 0.729. The standard InChI is InChI=1S/C9H19NO.ClH/c1-3-11-8-4-6-9(2,10)7-5-8;/h8H,3-7,10H2,1-2H3;1H. The van der Waals surface area contributed by atoms with Crippen LogP contribution in [-0.2, 0) is 4.74 Å². The summed E-state index contributed by atoms with van der Waals surface area (Å²) in [5, 5.41) is 0. The van der Waals surface area contributed by atoms with Crippen LogP contribution in [0.2, 0.25) is 0 Å². The van der Waals surface area contributed by atoms with Crippen molar-refractivity contribution < 1.29 is 4.74 Å². The summed E-state index contributed by atoms with van der Waals surface area (Å²) in [6, 6.07) is 0. The zero-order chi connectivity index (χ0) is 8.32. The highest BCUT2D eigenvalue weighted by Gasteiger charge is 2.27. The predicted octanol–water partition coefficient (Wildman–Crippen LogP) is 2.10. The Labute approximate surface area is 81.3 Å². The second-order valence-corrected chi connectivity index (χ2v) is 3.81. The molecule has 1 aliphatic rings. The molecule has 0 aromatic carbocycles. The molecule has 0 atom stereocenters. The Morgan fingerprint density at radius 1 is 1.42 bits per heavy atom. The van der Waals surface area contributed by atoms with Gasteiger partial charge in [-0.15, -0.1) is 12.4 Å². The van der Waals surface area contributed by atoms with Gasteiger partial charge < -0.3 is 10.5 Å². The molecule has 1 saturated carbocycles. The van der Waals surface area contributed by atoms with Gasteiger partial charge in [-0.05, 0) is 39.5 Å². The Morgan fingerprint density at radius 3 is 2.33 bits per heavy atom. The predicted molar refractivity (Wildman–Crippen MR) is 53.7 cm³/mol. The van der Waals surface area contributed by atoms with E-state index in [0.717, 1.165) is 32.3 Å². The highest BCUT2D eigenvalue weighted by Crippen LogP contribution is 2.27. The van der Waals surface area contributed by atoms with Gasteiger partial charge in [0.05, 0.1) is 6.10 Å². The minimum absolute atomic E-state index is 0. The Balaban J connectivity index is 0.00000121. The molecule has 0 saturated heterocycles. The van der Waals surface area contributed by atoms with Crippen molar-refractivity contribution in [3.05, 3.63) is 0 Å². The maximum Gasteiger partial charge on any atom is 0.0576 e. The Kier molecular flexibility index (Phi) is 5.14. The Hall–Kier alpha value is 0.210. The largest absolute Gasteiger partial charge is 0.379 e. The fourth-order valence-electron chi connectivity index (χ4n) is 1.65. The zero-order valence-corrected chi connectivity index (χ0v) is 8.82. The second kappa shape index (κ2) is 5.05. The molecule has 1 fully saturated rings. The topological polar surface area (TPSA) is 35.2 Å². The van der Waals surface area contributed by atoms with Crippen molar-refractivity contribution in [1.29, 1.82) is 0 Å². The first-order valence-electron chi connectivity index (χ1n) is 4.54. The van der Waals surface area contributed by atoms with Crippen LogP contribution in [0.1, 0.15) is 39.5 Å². The molecule has 74 valence electrons. The lowest BCUT2D eigenvalue weighted by molar-refractivity contribution is 0.0229. The number of rotatable bonds is 2. The number of hydrogen-bond donors (Lipinski definition) is 1. The number of hydrogen-bond acceptors (Lipinski definition) is 2. The average Bonchev–Trinajstić information content (AvgIpc) is 1.94. The molecular weight excluding hydrogens is 174 g/mol. The van der Waals surface area contributed by atoms with Gasteiger partial charge in [0.25, 0.3) is 0 Å². The molecule has 1 rings (SSSR count). The van der Waals surface area contributed by atoms with Gasteiger partial charge in [0.1, 0.15) is 0 Å². The van der Waals surface area contributed by atoms with Crippen molar-refractivity contribution in [2.24, 2.45) is 5.73 Å². The third-order valence-corrected chi connectivity index (χ3v) is 2.48. The maximum atomic E-state index is 5.98. The van der Waals surface area contributed by atoms with E-state index in [4.69, 9.17) is 10.5 Å². The molecule has 0 bridgehead atoms. The average molecular weight is 194 g/mol. The Bertz CT molecular complexity index is 118. The van der Waals surface area contributed by atoms with Gasteiger partial charge in [-0.2, -0.15) is 0 Å². The molecule has 3 heteroatoms. The first-order chi connectivity index (χ1) is 5.14. The first-order valence-corrected chi connectivity index (χ1v) is 4.54. The van der Waals surface area contributed by atoms with Crippen LogP contribution in [0.4, 0.5) is 0 Å². The van der Waals surface area contributed by atoms with E-state index in [1.807, 2.05) is 0 Å². The molecular formula is C9H20ClNO. The monoisotopic (exact) mass is 193 g/mol. The molecule has 2 nitrogen and oxygen atoms in total. The van der Waals surface area contributed by atoms with Gasteiger partial charge in [-0.3, -0.25) is 0 Å². The summed E-state index contributed by atoms with van der Waals surface area (Å²) < 4.78 is 5.52. The molecule has 0 spiro atoms. The molecule has 0 aromatic rings. The summed E-state index contributed by atoms with van der Waals surface area (Å²) in [4.78, 5) is 0. The van der Waals surface area contributed by atoms with Crippen LogP contribution < -0.4 is 5.73 Å². The fourth-order valence-corrected chi connectivity index (χ4v) is 1.65. The van der Waals surface area contributed by atoms with E-state index < -0.39 is 0 Å². The summed E-state index contributed by atoms with van der Waals surface area (Å²) in [6.07, 6.45) is 4.98. The van der Waals surface area contributed by atoms with Crippen molar-refractivity contribution in [1.82, 2.24) is 0 Å². The summed E-state index contributed by atoms with van der Waals surface area (Å²) in [7, 11) is 0. The van der Waals surface area contributed by atoms with Gasteiger partial charge in [-0.1, -0.05) is 0 Å². The van der Waals surface area contributed by atoms with Crippen molar-refractivity contribution in [2.45, 2.75) is 51.2 Å². The summed E-state index contributed by atoms with van der Waals surface area (Å²) in [5.41, 5.74) is 6.06. The second-order valence-electron chi connectivity index (χ2n) is 3.81. The van der Waals surface area contributed by atoms with Crippen LogP contribution in [0, 0.1) is 0 Å². The molecule has 0 aliphatic heterocycles. The van der Waals surface area contributed by atoms with Gasteiger partial charge in [0.15, 0.2) is 0 Å². The molecule has 2 N–H and O–H groups in total. The maximum absolute atomic E-state index is 5.98. The van der Waals surface area contributed by atoms with E-state index in [0.29, 0.717) is 6.10 Å². The van der Waals surface area contributed by atoms with E-state index in [2.05, 4.69) is 13.8 Å². The van der Waals surface area contributed by atoms with Crippen molar-refractivity contribution in [3.8, 4) is 0 Å². The van der Waals surface area contributed by atoms with Crippen LogP contribution in [0.25, 0.3) is 0 Å². The van der Waals surface area contributed by atoms with Crippen molar-refractivity contribution in [2.75, 3.05) is 6.61 Å². The minimum atomic E-state index is 0. The number of ether oxygens (including phenoxy) is 1. The van der Waals surface area contributed by atoms with Gasteiger partial charge in [0.2, 0.25) is 0 Å². The van der Waals surface area contributed by atoms with E-state index in [-0.39, 0.29) is 17.9 Å². The molecule has 12 heavy (non-hydrogen) atoms. The van der Waals surface area contributed by atoms with Gasteiger partial charge in [-0.25, -0.2) is 0 Å². The fraction of sp³-hybridized carbons (Fsp3) is 1.00. The lowest BCUT2D eigenvalue weighted by Gasteiger charge is -2.33. The molecule has 0 radical (unpaired) electrons. The highest BCUT2D eigenvalue weighted by molar-refractivity contribution is 5.85. The number of halogens is 1. The third kappa shape index (κ3) is 3.74. The lowest BCUT2D eigenvalue weighted by atomic mass is 9.83. The first kappa shape index (κ1) is 12.2. The van der Waals surface area contributed by atoms with Gasteiger partial charge >= 0.3 is 0 Å².